The third kappa shape index (κ3) is 2.68. The van der Waals surface area contributed by atoms with Gasteiger partial charge >= 0.3 is 11.7 Å². The van der Waals surface area contributed by atoms with E-state index in [1.165, 1.54) is 31.2 Å². The van der Waals surface area contributed by atoms with Gasteiger partial charge in [-0.3, -0.25) is 9.36 Å². The van der Waals surface area contributed by atoms with Gasteiger partial charge in [-0.2, -0.15) is 5.10 Å². The van der Waals surface area contributed by atoms with E-state index in [1.807, 2.05) is 6.07 Å². The van der Waals surface area contributed by atoms with Gasteiger partial charge < -0.3 is 10.0 Å². The summed E-state index contributed by atoms with van der Waals surface area (Å²) in [6.07, 6.45) is 3.04. The predicted octanol–water partition coefficient (Wildman–Crippen LogP) is 0.867. The Bertz CT molecular complexity index is 912. The molecule has 2 unspecified atom stereocenters. The third-order valence-corrected chi connectivity index (χ3v) is 6.19. The van der Waals surface area contributed by atoms with Crippen LogP contribution in [-0.4, -0.2) is 42.7 Å². The van der Waals surface area contributed by atoms with E-state index in [4.69, 9.17) is 0 Å². The molecular formula is C16H18N4O4S. The molecule has 2 aromatic rings. The second kappa shape index (κ2) is 5.83. The number of carbonyl (C=O) groups is 2. The van der Waals surface area contributed by atoms with Crippen molar-refractivity contribution in [3.8, 4) is 0 Å². The second-order valence-electron chi connectivity index (χ2n) is 6.75. The number of carboxylic acids is 1. The van der Waals surface area contributed by atoms with E-state index >= 15 is 0 Å². The molecule has 132 valence electrons. The van der Waals surface area contributed by atoms with E-state index < -0.39 is 17.7 Å². The molecular weight excluding hydrogens is 344 g/mol. The Morgan fingerprint density at radius 3 is 3.00 bits per heavy atom. The van der Waals surface area contributed by atoms with Crippen molar-refractivity contribution in [2.75, 3.05) is 0 Å². The van der Waals surface area contributed by atoms with E-state index in [1.54, 1.807) is 0 Å². The minimum absolute atomic E-state index is 0.00745. The quantitative estimate of drug-likeness (QED) is 0.824. The fourth-order valence-electron chi connectivity index (χ4n) is 3.57. The molecule has 1 amide bonds. The van der Waals surface area contributed by atoms with Gasteiger partial charge in [-0.1, -0.05) is 6.92 Å². The van der Waals surface area contributed by atoms with Crippen molar-refractivity contribution in [3.05, 3.63) is 37.7 Å². The number of thiophene rings is 1. The minimum Gasteiger partial charge on any atom is -0.480 e. The van der Waals surface area contributed by atoms with E-state index in [0.717, 1.165) is 19.3 Å². The zero-order valence-electron chi connectivity index (χ0n) is 13.7. The summed E-state index contributed by atoms with van der Waals surface area (Å²) in [5, 5.41) is 15.7. The van der Waals surface area contributed by atoms with Gasteiger partial charge in [0.2, 0.25) is 0 Å². The van der Waals surface area contributed by atoms with Gasteiger partial charge in [-0.25, -0.2) is 14.7 Å². The van der Waals surface area contributed by atoms with Crippen molar-refractivity contribution >= 4 is 23.2 Å². The fraction of sp³-hybridized carbons (Fsp3) is 0.500. The van der Waals surface area contributed by atoms with Crippen LogP contribution in [0.25, 0.3) is 0 Å². The molecule has 0 fully saturated rings. The first kappa shape index (κ1) is 16.1. The number of nitrogens with zero attached hydrogens (tertiary/aromatic N) is 3. The van der Waals surface area contributed by atoms with E-state index in [2.05, 4.69) is 17.1 Å². The minimum atomic E-state index is -1.12. The number of aryl methyl sites for hydroxylation is 1. The van der Waals surface area contributed by atoms with Gasteiger partial charge in [0.15, 0.2) is 5.82 Å². The lowest BCUT2D eigenvalue weighted by Crippen LogP contribution is -2.51. The number of fused-ring (bicyclic) bond motifs is 2. The second-order valence-corrected chi connectivity index (χ2v) is 7.89. The number of amides is 1. The van der Waals surface area contributed by atoms with Crippen LogP contribution in [-0.2, 0) is 30.7 Å². The van der Waals surface area contributed by atoms with Crippen LogP contribution in [0.4, 0.5) is 0 Å². The normalized spacial score (nSPS) is 22.4. The third-order valence-electron chi connectivity index (χ3n) is 4.97. The Balaban J connectivity index is 1.66. The molecule has 2 atom stereocenters. The molecule has 2 aromatic heterocycles. The zero-order valence-corrected chi connectivity index (χ0v) is 14.5. The lowest BCUT2D eigenvalue weighted by Gasteiger charge is -2.32. The number of hydrogen-bond donors (Lipinski definition) is 2. The summed E-state index contributed by atoms with van der Waals surface area (Å²) in [5.41, 5.74) is 0.751. The van der Waals surface area contributed by atoms with Crippen molar-refractivity contribution in [1.29, 1.82) is 0 Å². The topological polar surface area (TPSA) is 108 Å². The number of aromatic amines is 1. The molecule has 25 heavy (non-hydrogen) atoms. The van der Waals surface area contributed by atoms with Gasteiger partial charge in [0.25, 0.3) is 5.91 Å². The van der Waals surface area contributed by atoms with Crippen molar-refractivity contribution in [3.63, 3.8) is 0 Å². The first-order valence-electron chi connectivity index (χ1n) is 8.23. The molecule has 1 aliphatic carbocycles. The summed E-state index contributed by atoms with van der Waals surface area (Å²) < 4.78 is 1.28. The lowest BCUT2D eigenvalue weighted by atomic mass is 9.90. The predicted molar refractivity (Wildman–Crippen MR) is 89.7 cm³/mol. The molecule has 9 heteroatoms. The van der Waals surface area contributed by atoms with E-state index in [9.17, 15) is 19.5 Å². The zero-order chi connectivity index (χ0) is 17.7. The first-order chi connectivity index (χ1) is 11.9. The Morgan fingerprint density at radius 2 is 2.24 bits per heavy atom. The Kier molecular flexibility index (Phi) is 3.75. The molecule has 0 spiro atoms. The molecule has 0 radical (unpaired) electrons. The summed E-state index contributed by atoms with van der Waals surface area (Å²) in [5.74, 6) is -0.445. The van der Waals surface area contributed by atoms with Gasteiger partial charge in [-0.05, 0) is 36.8 Å². The average Bonchev–Trinajstić information content (AvgIpc) is 3.16. The Labute approximate surface area is 147 Å². The first-order valence-corrected chi connectivity index (χ1v) is 9.05. The summed E-state index contributed by atoms with van der Waals surface area (Å²) in [7, 11) is 0. The maximum absolute atomic E-state index is 13.0. The monoisotopic (exact) mass is 362 g/mol. The molecule has 4 rings (SSSR count). The maximum atomic E-state index is 13.0. The van der Waals surface area contributed by atoms with Crippen LogP contribution in [0.5, 0.6) is 0 Å². The summed E-state index contributed by atoms with van der Waals surface area (Å²) in [6.45, 7) is 2.12. The molecule has 1 aliphatic heterocycles. The molecule has 8 nitrogen and oxygen atoms in total. The SMILES string of the molecule is CC1CCc2sc(C(=O)N3Cc4n[nH]c(=O)n4CC3C(=O)O)cc2C1. The highest BCUT2D eigenvalue weighted by Crippen LogP contribution is 2.33. The van der Waals surface area contributed by atoms with Crippen molar-refractivity contribution in [1.82, 2.24) is 19.7 Å². The maximum Gasteiger partial charge on any atom is 0.343 e. The number of aliphatic carboxylic acids is 1. The lowest BCUT2D eigenvalue weighted by molar-refractivity contribution is -0.143. The highest BCUT2D eigenvalue weighted by Gasteiger charge is 2.37. The standard InChI is InChI=1S/C16H18N4O4S/c1-8-2-3-11-9(4-8)5-12(25-11)14(21)19-7-13-17-18-16(24)20(13)6-10(19)15(22)23/h5,8,10H,2-4,6-7H2,1H3,(H,18,24)(H,22,23). The molecule has 0 bridgehead atoms. The Hall–Kier alpha value is -2.42. The summed E-state index contributed by atoms with van der Waals surface area (Å²) >= 11 is 1.46. The van der Waals surface area contributed by atoms with E-state index in [-0.39, 0.29) is 19.0 Å². The van der Waals surface area contributed by atoms with Crippen LogP contribution in [0, 0.1) is 5.92 Å². The fourth-order valence-corrected chi connectivity index (χ4v) is 4.74. The number of H-pyrrole nitrogens is 1. The Morgan fingerprint density at radius 1 is 1.44 bits per heavy atom. The van der Waals surface area contributed by atoms with Gasteiger partial charge in [0.05, 0.1) is 18.0 Å². The molecule has 0 aromatic carbocycles. The molecule has 2 N–H and O–H groups in total. The number of nitrogens with one attached hydrogen (secondary N) is 1. The highest BCUT2D eigenvalue weighted by atomic mass is 32.1. The van der Waals surface area contributed by atoms with Crippen LogP contribution in [0.2, 0.25) is 0 Å². The number of carbonyl (C=O) groups excluding carboxylic acids is 1. The van der Waals surface area contributed by atoms with Crippen LogP contribution in [0.3, 0.4) is 0 Å². The van der Waals surface area contributed by atoms with Crippen LogP contribution in [0.1, 0.15) is 39.3 Å². The van der Waals surface area contributed by atoms with Crippen molar-refractivity contribution in [2.45, 2.75) is 45.3 Å². The van der Waals surface area contributed by atoms with Crippen molar-refractivity contribution in [2.24, 2.45) is 5.92 Å². The van der Waals surface area contributed by atoms with Gasteiger partial charge in [0, 0.05) is 4.88 Å². The van der Waals surface area contributed by atoms with E-state index in [0.29, 0.717) is 16.6 Å². The van der Waals surface area contributed by atoms with Crippen LogP contribution >= 0.6 is 11.3 Å². The molecule has 2 aliphatic rings. The number of hydrogen-bond acceptors (Lipinski definition) is 5. The molecule has 0 saturated carbocycles. The largest absolute Gasteiger partial charge is 0.480 e. The molecule has 3 heterocycles. The number of aromatic nitrogens is 3. The average molecular weight is 362 g/mol. The van der Waals surface area contributed by atoms with Gasteiger partial charge in [-0.15, -0.1) is 11.3 Å². The van der Waals surface area contributed by atoms with Crippen LogP contribution in [0.15, 0.2) is 10.9 Å². The number of carboxylic acid groups (broad SMARTS) is 1. The molecule has 0 saturated heterocycles. The van der Waals surface area contributed by atoms with Gasteiger partial charge in [0.1, 0.15) is 6.04 Å². The van der Waals surface area contributed by atoms with Crippen LogP contribution < -0.4 is 5.69 Å². The summed E-state index contributed by atoms with van der Waals surface area (Å²) in [4.78, 5) is 39.4. The van der Waals surface area contributed by atoms with Crippen molar-refractivity contribution < 1.29 is 14.7 Å². The smallest absolute Gasteiger partial charge is 0.343 e. The highest BCUT2D eigenvalue weighted by molar-refractivity contribution is 7.14. The summed E-state index contributed by atoms with van der Waals surface area (Å²) in [6, 6.07) is 0.830. The number of rotatable bonds is 2.